The molecule has 2 rings (SSSR count). The Balaban J connectivity index is 1.99. The number of hydrogen-bond donors (Lipinski definition) is 1. The first kappa shape index (κ1) is 9.93. The van der Waals surface area contributed by atoms with E-state index in [0.29, 0.717) is 11.9 Å². The monoisotopic (exact) mass is 197 g/mol. The lowest BCUT2D eigenvalue weighted by atomic mass is 10.0. The summed E-state index contributed by atoms with van der Waals surface area (Å²) in [6.45, 7) is 8.95. The van der Waals surface area contributed by atoms with Gasteiger partial charge in [0.2, 0.25) is 5.91 Å². The minimum Gasteiger partial charge on any atom is -0.340 e. The molecule has 0 aromatic rings. The van der Waals surface area contributed by atoms with E-state index >= 15 is 0 Å². The molecule has 4 nitrogen and oxygen atoms in total. The third kappa shape index (κ3) is 1.53. The predicted molar refractivity (Wildman–Crippen MR) is 55.1 cm³/mol. The van der Waals surface area contributed by atoms with Crippen LogP contribution in [0.15, 0.2) is 0 Å². The van der Waals surface area contributed by atoms with Crippen molar-refractivity contribution in [1.29, 1.82) is 0 Å². The fourth-order valence-corrected chi connectivity index (χ4v) is 2.27. The fraction of sp³-hybridized carbons (Fsp3) is 0.900. The Morgan fingerprint density at radius 2 is 2.14 bits per heavy atom. The number of likely N-dealkylation sites (N-methyl/N-ethyl adjacent to an activating group) is 1. The molecule has 0 aromatic heterocycles. The van der Waals surface area contributed by atoms with E-state index in [0.717, 1.165) is 32.7 Å². The predicted octanol–water partition coefficient (Wildman–Crippen LogP) is -0.489. The summed E-state index contributed by atoms with van der Waals surface area (Å²) < 4.78 is 0. The quantitative estimate of drug-likeness (QED) is 0.649. The summed E-state index contributed by atoms with van der Waals surface area (Å²) in [6.07, 6.45) is 0. The largest absolute Gasteiger partial charge is 0.340 e. The first-order valence-electron chi connectivity index (χ1n) is 5.49. The Bertz CT molecular complexity index is 227. The molecule has 2 fully saturated rings. The van der Waals surface area contributed by atoms with Crippen molar-refractivity contribution in [2.24, 2.45) is 0 Å². The van der Waals surface area contributed by atoms with Crippen molar-refractivity contribution in [2.45, 2.75) is 25.9 Å². The van der Waals surface area contributed by atoms with Crippen LogP contribution in [0, 0.1) is 0 Å². The molecular formula is C10H19N3O. The normalized spacial score (nSPS) is 30.6. The van der Waals surface area contributed by atoms with Gasteiger partial charge < -0.3 is 10.2 Å². The molecule has 0 spiro atoms. The molecule has 2 saturated heterocycles. The first-order chi connectivity index (χ1) is 6.74. The maximum Gasteiger partial charge on any atom is 0.239 e. The molecule has 1 unspecified atom stereocenters. The van der Waals surface area contributed by atoms with Gasteiger partial charge in [-0.15, -0.1) is 0 Å². The maximum absolute atomic E-state index is 11.9. The Morgan fingerprint density at radius 3 is 2.64 bits per heavy atom. The molecule has 0 radical (unpaired) electrons. The summed E-state index contributed by atoms with van der Waals surface area (Å²) >= 11 is 0. The van der Waals surface area contributed by atoms with Gasteiger partial charge >= 0.3 is 0 Å². The van der Waals surface area contributed by atoms with Crippen molar-refractivity contribution in [2.75, 3.05) is 32.7 Å². The van der Waals surface area contributed by atoms with Crippen LogP contribution in [-0.2, 0) is 4.79 Å². The number of carbonyl (C=O) groups excluding carboxylic acids is 1. The summed E-state index contributed by atoms with van der Waals surface area (Å²) in [6, 6.07) is 0.670. The molecule has 1 N–H and O–H groups in total. The van der Waals surface area contributed by atoms with Crippen molar-refractivity contribution >= 4 is 5.91 Å². The molecular weight excluding hydrogens is 178 g/mol. The van der Waals surface area contributed by atoms with Crippen LogP contribution < -0.4 is 5.32 Å². The number of nitrogens with zero attached hydrogens (tertiary/aromatic N) is 2. The lowest BCUT2D eigenvalue weighted by Crippen LogP contribution is -2.66. The van der Waals surface area contributed by atoms with E-state index in [1.807, 2.05) is 18.7 Å². The second kappa shape index (κ2) is 3.87. The average molecular weight is 197 g/mol. The summed E-state index contributed by atoms with van der Waals surface area (Å²) in [7, 11) is 0. The molecule has 1 atom stereocenters. The van der Waals surface area contributed by atoms with Crippen molar-refractivity contribution in [3.05, 3.63) is 0 Å². The van der Waals surface area contributed by atoms with Gasteiger partial charge in [-0.25, -0.2) is 0 Å². The minimum absolute atomic E-state index is 0.0794. The molecule has 4 heteroatoms. The van der Waals surface area contributed by atoms with Crippen LogP contribution in [0.25, 0.3) is 0 Å². The molecule has 1 amide bonds. The number of nitrogens with one attached hydrogen (secondary N) is 1. The third-order valence-electron chi connectivity index (χ3n) is 3.41. The van der Waals surface area contributed by atoms with Gasteiger partial charge in [0.1, 0.15) is 0 Å². The molecule has 0 aliphatic carbocycles. The van der Waals surface area contributed by atoms with E-state index in [4.69, 9.17) is 0 Å². The Labute approximate surface area is 85.2 Å². The second-order valence-corrected chi connectivity index (χ2v) is 4.14. The van der Waals surface area contributed by atoms with Gasteiger partial charge in [-0.05, 0) is 13.8 Å². The molecule has 2 heterocycles. The fourth-order valence-electron chi connectivity index (χ4n) is 2.27. The molecule has 0 bridgehead atoms. The lowest BCUT2D eigenvalue weighted by molar-refractivity contribution is -0.142. The summed E-state index contributed by atoms with van der Waals surface area (Å²) in [5.74, 6) is 0.297. The van der Waals surface area contributed by atoms with E-state index in [1.54, 1.807) is 0 Å². The highest BCUT2D eigenvalue weighted by Crippen LogP contribution is 2.16. The van der Waals surface area contributed by atoms with E-state index in [9.17, 15) is 4.79 Å². The van der Waals surface area contributed by atoms with Gasteiger partial charge in [0.15, 0.2) is 0 Å². The van der Waals surface area contributed by atoms with Gasteiger partial charge in [-0.3, -0.25) is 9.69 Å². The number of hydrogen-bond acceptors (Lipinski definition) is 3. The summed E-state index contributed by atoms with van der Waals surface area (Å²) in [4.78, 5) is 16.2. The maximum atomic E-state index is 11.9. The third-order valence-corrected chi connectivity index (χ3v) is 3.41. The Morgan fingerprint density at radius 1 is 1.43 bits per heavy atom. The van der Waals surface area contributed by atoms with Crippen LogP contribution in [0.2, 0.25) is 0 Å². The highest BCUT2D eigenvalue weighted by atomic mass is 16.2. The van der Waals surface area contributed by atoms with Crippen LogP contribution in [-0.4, -0.2) is 60.5 Å². The van der Waals surface area contributed by atoms with Crippen LogP contribution in [0.5, 0.6) is 0 Å². The number of carbonyl (C=O) groups is 1. The first-order valence-corrected chi connectivity index (χ1v) is 5.49. The van der Waals surface area contributed by atoms with Crippen molar-refractivity contribution in [1.82, 2.24) is 15.1 Å². The molecule has 14 heavy (non-hydrogen) atoms. The van der Waals surface area contributed by atoms with E-state index in [2.05, 4.69) is 10.2 Å². The van der Waals surface area contributed by atoms with Gasteiger partial charge in [0.25, 0.3) is 0 Å². The number of piperazine rings is 1. The molecule has 80 valence electrons. The summed E-state index contributed by atoms with van der Waals surface area (Å²) in [5, 5.41) is 3.25. The van der Waals surface area contributed by atoms with Crippen LogP contribution in [0.4, 0.5) is 0 Å². The van der Waals surface area contributed by atoms with Crippen LogP contribution in [0.1, 0.15) is 13.8 Å². The summed E-state index contributed by atoms with van der Waals surface area (Å²) in [5.41, 5.74) is 0. The molecule has 2 aliphatic rings. The van der Waals surface area contributed by atoms with E-state index < -0.39 is 0 Å². The van der Waals surface area contributed by atoms with Crippen molar-refractivity contribution in [3.63, 3.8) is 0 Å². The zero-order chi connectivity index (χ0) is 10.1. The van der Waals surface area contributed by atoms with Crippen LogP contribution >= 0.6 is 0 Å². The van der Waals surface area contributed by atoms with Gasteiger partial charge in [0.05, 0.1) is 6.04 Å². The smallest absolute Gasteiger partial charge is 0.239 e. The molecule has 0 aromatic carbocycles. The van der Waals surface area contributed by atoms with Crippen molar-refractivity contribution < 1.29 is 4.79 Å². The lowest BCUT2D eigenvalue weighted by Gasteiger charge is -2.46. The average Bonchev–Trinajstić information content (AvgIpc) is 2.10. The number of amides is 1. The van der Waals surface area contributed by atoms with Crippen LogP contribution in [0.3, 0.4) is 0 Å². The highest BCUT2D eigenvalue weighted by molar-refractivity contribution is 5.82. The topological polar surface area (TPSA) is 35.6 Å². The zero-order valence-electron chi connectivity index (χ0n) is 8.99. The molecule has 0 saturated carbocycles. The van der Waals surface area contributed by atoms with Gasteiger partial charge in [0, 0.05) is 38.8 Å². The molecule has 2 aliphatic heterocycles. The van der Waals surface area contributed by atoms with Gasteiger partial charge in [-0.1, -0.05) is 0 Å². The van der Waals surface area contributed by atoms with Gasteiger partial charge in [-0.2, -0.15) is 0 Å². The Hall–Kier alpha value is -0.610. The Kier molecular flexibility index (Phi) is 2.74. The van der Waals surface area contributed by atoms with E-state index in [-0.39, 0.29) is 6.04 Å². The number of rotatable bonds is 2. The SMILES string of the molecule is CCN1CCN(C2CNC2)C(C)C1=O. The second-order valence-electron chi connectivity index (χ2n) is 4.14. The van der Waals surface area contributed by atoms with E-state index in [1.165, 1.54) is 0 Å². The van der Waals surface area contributed by atoms with Crippen molar-refractivity contribution in [3.8, 4) is 0 Å². The standard InChI is InChI=1S/C10H19N3O/c1-3-12-4-5-13(8(2)10(12)14)9-6-11-7-9/h8-9,11H,3-7H2,1-2H3. The zero-order valence-corrected chi connectivity index (χ0v) is 8.99. The minimum atomic E-state index is 0.0794. The highest BCUT2D eigenvalue weighted by Gasteiger charge is 2.36.